The normalized spacial score (nSPS) is 13.3. The molecule has 0 aliphatic heterocycles. The summed E-state index contributed by atoms with van der Waals surface area (Å²) in [6, 6.07) is 17.9. The van der Waals surface area contributed by atoms with E-state index in [-0.39, 0.29) is 11.5 Å². The summed E-state index contributed by atoms with van der Waals surface area (Å²) >= 11 is 0. The maximum absolute atomic E-state index is 13.1. The second-order valence-electron chi connectivity index (χ2n) is 8.64. The number of aromatic nitrogens is 2. The lowest BCUT2D eigenvalue weighted by atomic mass is 9.96. The minimum Gasteiger partial charge on any atom is -0.349 e. The van der Waals surface area contributed by atoms with Gasteiger partial charge in [-0.3, -0.25) is 14.6 Å². The molecule has 4 aromatic rings. The van der Waals surface area contributed by atoms with Crippen molar-refractivity contribution in [3.8, 4) is 11.1 Å². The van der Waals surface area contributed by atoms with E-state index in [1.54, 1.807) is 4.57 Å². The highest BCUT2D eigenvalue weighted by molar-refractivity contribution is 5.96. The van der Waals surface area contributed by atoms with Gasteiger partial charge in [0, 0.05) is 35.1 Å². The van der Waals surface area contributed by atoms with E-state index in [1.807, 2.05) is 80.8 Å². The van der Waals surface area contributed by atoms with Gasteiger partial charge in [0.25, 0.3) is 11.5 Å². The number of nitrogens with zero attached hydrogens (tertiary/aromatic N) is 2. The Morgan fingerprint density at radius 2 is 1.91 bits per heavy atom. The van der Waals surface area contributed by atoms with Crippen LogP contribution in [0.2, 0.25) is 0 Å². The molecule has 1 saturated carbocycles. The Bertz CT molecular complexity index is 1380. The van der Waals surface area contributed by atoms with E-state index in [9.17, 15) is 9.59 Å². The first-order chi connectivity index (χ1) is 15.5. The first kappa shape index (κ1) is 20.2. The zero-order valence-corrected chi connectivity index (χ0v) is 18.3. The number of hydrogen-bond donors (Lipinski definition) is 1. The minimum absolute atomic E-state index is 0.0242. The van der Waals surface area contributed by atoms with Gasteiger partial charge in [-0.15, -0.1) is 0 Å². The van der Waals surface area contributed by atoms with Crippen LogP contribution in [0.15, 0.2) is 71.8 Å². The summed E-state index contributed by atoms with van der Waals surface area (Å²) in [6.07, 6.45) is 5.77. The number of carbonyl (C=O) groups excluding carboxylic acids is 1. The molecule has 2 aromatic carbocycles. The summed E-state index contributed by atoms with van der Waals surface area (Å²) in [5.74, 6) is -0.0250. The molecular weight excluding hydrogens is 398 g/mol. The molecule has 5 nitrogen and oxygen atoms in total. The average Bonchev–Trinajstić information content (AvgIpc) is 3.61. The number of amides is 1. The van der Waals surface area contributed by atoms with Crippen LogP contribution >= 0.6 is 0 Å². The maximum atomic E-state index is 13.1. The highest BCUT2D eigenvalue weighted by Gasteiger charge is 2.24. The van der Waals surface area contributed by atoms with Gasteiger partial charge in [0.1, 0.15) is 0 Å². The van der Waals surface area contributed by atoms with Gasteiger partial charge in [-0.05, 0) is 90.7 Å². The molecule has 0 atom stereocenters. The fourth-order valence-corrected chi connectivity index (χ4v) is 3.94. The van der Waals surface area contributed by atoms with Crippen molar-refractivity contribution in [1.29, 1.82) is 0 Å². The van der Waals surface area contributed by atoms with E-state index in [0.717, 1.165) is 46.2 Å². The molecule has 160 valence electrons. The van der Waals surface area contributed by atoms with Gasteiger partial charge in [-0.25, -0.2) is 0 Å². The van der Waals surface area contributed by atoms with E-state index < -0.39 is 0 Å². The second kappa shape index (κ2) is 8.08. The van der Waals surface area contributed by atoms with Crippen molar-refractivity contribution in [3.05, 3.63) is 99.7 Å². The third-order valence-electron chi connectivity index (χ3n) is 6.03. The monoisotopic (exact) mass is 423 g/mol. The Balaban J connectivity index is 1.48. The lowest BCUT2D eigenvalue weighted by Gasteiger charge is -2.12. The minimum atomic E-state index is -0.0250. The van der Waals surface area contributed by atoms with Crippen LogP contribution in [0.25, 0.3) is 21.9 Å². The van der Waals surface area contributed by atoms with Gasteiger partial charge in [-0.1, -0.05) is 18.2 Å². The number of nitrogens with one attached hydrogen (secondary N) is 1. The second-order valence-corrected chi connectivity index (χ2v) is 8.64. The standard InChI is InChI=1S/C27H25N3O2/c1-17-3-6-22(26(31)29-23-8-9-23)14-25(17)20-7-10-24-21(13-20)11-12-30(27(24)32)16-19-5-4-18(2)28-15-19/h3-7,10-15,23H,8-9,16H2,1-2H3,(H,29,31). The molecule has 32 heavy (non-hydrogen) atoms. The van der Waals surface area contributed by atoms with Gasteiger partial charge >= 0.3 is 0 Å². The predicted octanol–water partition coefficient (Wildman–Crippen LogP) is 4.62. The van der Waals surface area contributed by atoms with Crippen molar-refractivity contribution >= 4 is 16.7 Å². The van der Waals surface area contributed by atoms with E-state index in [1.165, 1.54) is 0 Å². The van der Waals surface area contributed by atoms with Crippen molar-refractivity contribution in [1.82, 2.24) is 14.9 Å². The largest absolute Gasteiger partial charge is 0.349 e. The topological polar surface area (TPSA) is 64.0 Å². The Hall–Kier alpha value is -3.73. The quantitative estimate of drug-likeness (QED) is 0.509. The van der Waals surface area contributed by atoms with Gasteiger partial charge in [0.15, 0.2) is 0 Å². The van der Waals surface area contributed by atoms with Gasteiger partial charge in [-0.2, -0.15) is 0 Å². The lowest BCUT2D eigenvalue weighted by Crippen LogP contribution is -2.25. The Morgan fingerprint density at radius 3 is 2.66 bits per heavy atom. The van der Waals surface area contributed by atoms with Crippen LogP contribution in [0.4, 0.5) is 0 Å². The van der Waals surface area contributed by atoms with E-state index in [4.69, 9.17) is 0 Å². The fourth-order valence-electron chi connectivity index (χ4n) is 3.94. The molecule has 5 heteroatoms. The molecule has 2 aromatic heterocycles. The number of pyridine rings is 2. The van der Waals surface area contributed by atoms with Crippen molar-refractivity contribution in [2.45, 2.75) is 39.3 Å². The molecule has 1 aliphatic carbocycles. The number of hydrogen-bond acceptors (Lipinski definition) is 3. The Kier molecular flexibility index (Phi) is 5.10. The highest BCUT2D eigenvalue weighted by Crippen LogP contribution is 2.28. The van der Waals surface area contributed by atoms with Crippen molar-refractivity contribution < 1.29 is 4.79 Å². The Morgan fingerprint density at radius 1 is 1.06 bits per heavy atom. The van der Waals surface area contributed by atoms with Crippen molar-refractivity contribution in [2.24, 2.45) is 0 Å². The molecular formula is C27H25N3O2. The molecule has 0 unspecified atom stereocenters. The van der Waals surface area contributed by atoms with E-state index >= 15 is 0 Å². The summed E-state index contributed by atoms with van der Waals surface area (Å²) in [7, 11) is 0. The Labute approximate surface area is 186 Å². The summed E-state index contributed by atoms with van der Waals surface area (Å²) in [4.78, 5) is 29.9. The number of fused-ring (bicyclic) bond motifs is 1. The number of aryl methyl sites for hydroxylation is 2. The van der Waals surface area contributed by atoms with Crippen LogP contribution in [-0.2, 0) is 6.54 Å². The number of benzene rings is 2. The molecule has 1 aliphatic rings. The smallest absolute Gasteiger partial charge is 0.258 e. The lowest BCUT2D eigenvalue weighted by molar-refractivity contribution is 0.0951. The molecule has 0 spiro atoms. The molecule has 1 fully saturated rings. The van der Waals surface area contributed by atoms with Crippen LogP contribution in [0, 0.1) is 13.8 Å². The summed E-state index contributed by atoms with van der Waals surface area (Å²) < 4.78 is 1.71. The van der Waals surface area contributed by atoms with E-state index in [2.05, 4.69) is 10.3 Å². The van der Waals surface area contributed by atoms with Gasteiger partial charge in [0.05, 0.1) is 6.54 Å². The maximum Gasteiger partial charge on any atom is 0.258 e. The number of carbonyl (C=O) groups is 1. The highest BCUT2D eigenvalue weighted by atomic mass is 16.1. The summed E-state index contributed by atoms with van der Waals surface area (Å²) in [5, 5.41) is 4.61. The predicted molar refractivity (Wildman–Crippen MR) is 127 cm³/mol. The zero-order valence-electron chi connectivity index (χ0n) is 18.3. The van der Waals surface area contributed by atoms with E-state index in [0.29, 0.717) is 23.5 Å². The number of rotatable bonds is 5. The van der Waals surface area contributed by atoms with Gasteiger partial charge < -0.3 is 9.88 Å². The summed E-state index contributed by atoms with van der Waals surface area (Å²) in [5.41, 5.74) is 5.68. The van der Waals surface area contributed by atoms with Crippen molar-refractivity contribution in [3.63, 3.8) is 0 Å². The van der Waals surface area contributed by atoms with Crippen molar-refractivity contribution in [2.75, 3.05) is 0 Å². The molecule has 0 radical (unpaired) electrons. The van der Waals surface area contributed by atoms with Crippen LogP contribution in [0.1, 0.15) is 40.0 Å². The zero-order chi connectivity index (χ0) is 22.2. The average molecular weight is 424 g/mol. The first-order valence-electron chi connectivity index (χ1n) is 10.9. The van der Waals surface area contributed by atoms with Crippen LogP contribution in [0.5, 0.6) is 0 Å². The molecule has 2 heterocycles. The third kappa shape index (κ3) is 4.06. The van der Waals surface area contributed by atoms with Crippen LogP contribution < -0.4 is 10.9 Å². The van der Waals surface area contributed by atoms with Crippen LogP contribution in [0.3, 0.4) is 0 Å². The molecule has 0 saturated heterocycles. The molecule has 1 amide bonds. The van der Waals surface area contributed by atoms with Crippen LogP contribution in [-0.4, -0.2) is 21.5 Å². The van der Waals surface area contributed by atoms with Gasteiger partial charge in [0.2, 0.25) is 0 Å². The molecule has 1 N–H and O–H groups in total. The summed E-state index contributed by atoms with van der Waals surface area (Å²) in [6.45, 7) is 4.47. The molecule has 0 bridgehead atoms. The fraction of sp³-hybridized carbons (Fsp3) is 0.222. The SMILES string of the molecule is Cc1ccc(Cn2ccc3cc(-c4cc(C(=O)NC5CC5)ccc4C)ccc3c2=O)cn1. The molecule has 5 rings (SSSR count). The first-order valence-corrected chi connectivity index (χ1v) is 10.9. The third-order valence-corrected chi connectivity index (χ3v) is 6.03.